The smallest absolute Gasteiger partial charge is 0.416 e. The number of aromatic nitrogens is 2. The van der Waals surface area contributed by atoms with E-state index in [0.717, 1.165) is 24.1 Å². The summed E-state index contributed by atoms with van der Waals surface area (Å²) in [6, 6.07) is 5.46. The summed E-state index contributed by atoms with van der Waals surface area (Å²) in [5.74, 6) is 2.66. The van der Waals surface area contributed by atoms with Gasteiger partial charge in [0.2, 0.25) is 11.8 Å². The van der Waals surface area contributed by atoms with E-state index < -0.39 is 11.7 Å². The van der Waals surface area contributed by atoms with Crippen LogP contribution in [-0.4, -0.2) is 33.1 Å². The Morgan fingerprint density at radius 1 is 1.35 bits per heavy atom. The van der Waals surface area contributed by atoms with Crippen LogP contribution in [0.4, 0.5) is 13.2 Å². The van der Waals surface area contributed by atoms with Crippen molar-refractivity contribution in [3.05, 3.63) is 47.2 Å². The second-order valence-corrected chi connectivity index (χ2v) is 6.55. The molecule has 1 saturated heterocycles. The van der Waals surface area contributed by atoms with E-state index in [-0.39, 0.29) is 6.04 Å². The van der Waals surface area contributed by atoms with Crippen LogP contribution in [0.3, 0.4) is 0 Å². The van der Waals surface area contributed by atoms with E-state index in [4.69, 9.17) is 4.42 Å². The Morgan fingerprint density at radius 3 is 2.87 bits per heavy atom. The van der Waals surface area contributed by atoms with E-state index in [1.165, 1.54) is 12.1 Å². The molecule has 0 N–H and O–H groups in total. The Kier molecular flexibility index (Phi) is 4.63. The molecule has 0 amide bonds. The molecule has 1 aliphatic heterocycles. The summed E-state index contributed by atoms with van der Waals surface area (Å²) in [6.45, 7) is 2.93. The predicted molar refractivity (Wildman–Crippen MR) is 81.0 cm³/mol. The predicted octanol–water partition coefficient (Wildman–Crippen LogP) is 3.69. The molecule has 3 rings (SSSR count). The second-order valence-electron chi connectivity index (χ2n) is 5.40. The van der Waals surface area contributed by atoms with E-state index in [2.05, 4.69) is 15.1 Å². The molecule has 8 heteroatoms. The number of halogens is 3. The standard InChI is InChI=1S/C15H16F3N3OS/c1-10-19-20-14(22-10)8-21-5-6-23-9-13(21)11-3-2-4-12(7-11)15(16,17)18/h2-4,7,13H,5-6,8-9H2,1H3. The first kappa shape index (κ1) is 16.3. The highest BCUT2D eigenvalue weighted by Gasteiger charge is 2.32. The van der Waals surface area contributed by atoms with Crippen molar-refractivity contribution in [2.45, 2.75) is 25.7 Å². The van der Waals surface area contributed by atoms with Crippen LogP contribution < -0.4 is 0 Å². The lowest BCUT2D eigenvalue weighted by Gasteiger charge is -2.34. The zero-order valence-electron chi connectivity index (χ0n) is 12.5. The van der Waals surface area contributed by atoms with Crippen molar-refractivity contribution < 1.29 is 17.6 Å². The van der Waals surface area contributed by atoms with Crippen molar-refractivity contribution in [2.24, 2.45) is 0 Å². The maximum Gasteiger partial charge on any atom is 0.416 e. The van der Waals surface area contributed by atoms with Crippen LogP contribution in [0.1, 0.15) is 29.0 Å². The third-order valence-corrected chi connectivity index (χ3v) is 4.77. The van der Waals surface area contributed by atoms with Gasteiger partial charge in [-0.3, -0.25) is 4.90 Å². The first-order valence-electron chi connectivity index (χ1n) is 7.21. The fourth-order valence-corrected chi connectivity index (χ4v) is 3.79. The van der Waals surface area contributed by atoms with E-state index in [0.29, 0.717) is 23.9 Å². The molecule has 1 aromatic carbocycles. The first-order chi connectivity index (χ1) is 10.9. The highest BCUT2D eigenvalue weighted by molar-refractivity contribution is 7.99. The summed E-state index contributed by atoms with van der Waals surface area (Å²) in [5, 5.41) is 7.78. The van der Waals surface area contributed by atoms with E-state index in [9.17, 15) is 13.2 Å². The van der Waals surface area contributed by atoms with Gasteiger partial charge in [-0.25, -0.2) is 0 Å². The summed E-state index contributed by atoms with van der Waals surface area (Å²) in [5.41, 5.74) is 0.0578. The molecule has 4 nitrogen and oxygen atoms in total. The monoisotopic (exact) mass is 343 g/mol. The van der Waals surface area contributed by atoms with Gasteiger partial charge in [0, 0.05) is 31.0 Å². The molecule has 0 aliphatic carbocycles. The fraction of sp³-hybridized carbons (Fsp3) is 0.467. The summed E-state index contributed by atoms with van der Waals surface area (Å²) in [7, 11) is 0. The molecule has 0 saturated carbocycles. The lowest BCUT2D eigenvalue weighted by molar-refractivity contribution is -0.137. The normalized spacial score (nSPS) is 19.9. The molecule has 23 heavy (non-hydrogen) atoms. The minimum Gasteiger partial charge on any atom is -0.424 e. The third kappa shape index (κ3) is 3.87. The van der Waals surface area contributed by atoms with E-state index >= 15 is 0 Å². The molecule has 124 valence electrons. The number of thioether (sulfide) groups is 1. The van der Waals surface area contributed by atoms with Crippen molar-refractivity contribution in [3.63, 3.8) is 0 Å². The first-order valence-corrected chi connectivity index (χ1v) is 8.37. The molecule has 2 aromatic rings. The van der Waals surface area contributed by atoms with Gasteiger partial charge in [0.15, 0.2) is 0 Å². The summed E-state index contributed by atoms with van der Waals surface area (Å²) in [4.78, 5) is 2.10. The Balaban J connectivity index is 1.83. The van der Waals surface area contributed by atoms with Crippen LogP contribution in [0, 0.1) is 6.92 Å². The van der Waals surface area contributed by atoms with E-state index in [1.807, 2.05) is 0 Å². The van der Waals surface area contributed by atoms with Gasteiger partial charge in [0.1, 0.15) is 0 Å². The lowest BCUT2D eigenvalue weighted by atomic mass is 10.0. The number of aryl methyl sites for hydroxylation is 1. The van der Waals surface area contributed by atoms with Gasteiger partial charge < -0.3 is 4.42 Å². The second kappa shape index (κ2) is 6.52. The summed E-state index contributed by atoms with van der Waals surface area (Å²) < 4.78 is 44.2. The number of hydrogen-bond acceptors (Lipinski definition) is 5. The highest BCUT2D eigenvalue weighted by Crippen LogP contribution is 2.35. The van der Waals surface area contributed by atoms with Crippen LogP contribution in [0.15, 0.2) is 28.7 Å². The fourth-order valence-electron chi connectivity index (χ4n) is 2.63. The van der Waals surface area contributed by atoms with Crippen LogP contribution >= 0.6 is 11.8 Å². The molecule has 1 atom stereocenters. The maximum absolute atomic E-state index is 12.9. The Morgan fingerprint density at radius 2 is 2.17 bits per heavy atom. The Bertz CT molecular complexity index is 674. The highest BCUT2D eigenvalue weighted by atomic mass is 32.2. The lowest BCUT2D eigenvalue weighted by Crippen LogP contribution is -2.35. The molecular formula is C15H16F3N3OS. The minimum absolute atomic E-state index is 0.0942. The number of benzene rings is 1. The molecule has 1 aliphatic rings. The van der Waals surface area contributed by atoms with Gasteiger partial charge in [-0.1, -0.05) is 12.1 Å². The molecule has 2 heterocycles. The SMILES string of the molecule is Cc1nnc(CN2CCSCC2c2cccc(C(F)(F)F)c2)o1. The van der Waals surface area contributed by atoms with Gasteiger partial charge in [0.05, 0.1) is 12.1 Å². The molecule has 0 radical (unpaired) electrons. The molecule has 0 bridgehead atoms. The van der Waals surface area contributed by atoms with Gasteiger partial charge in [-0.05, 0) is 17.7 Å². The van der Waals surface area contributed by atoms with Gasteiger partial charge in [0.25, 0.3) is 0 Å². The average Bonchev–Trinajstić information content (AvgIpc) is 2.92. The number of hydrogen-bond donors (Lipinski definition) is 0. The van der Waals surface area contributed by atoms with Gasteiger partial charge >= 0.3 is 6.18 Å². The van der Waals surface area contributed by atoms with Crippen molar-refractivity contribution in [3.8, 4) is 0 Å². The zero-order valence-corrected chi connectivity index (χ0v) is 13.3. The van der Waals surface area contributed by atoms with Crippen LogP contribution in [0.2, 0.25) is 0 Å². The zero-order chi connectivity index (χ0) is 16.4. The molecule has 1 unspecified atom stereocenters. The van der Waals surface area contributed by atoms with Gasteiger partial charge in [-0.2, -0.15) is 24.9 Å². The Labute approximate surface area is 136 Å². The van der Waals surface area contributed by atoms with Crippen LogP contribution in [0.25, 0.3) is 0 Å². The molecule has 0 spiro atoms. The molecule has 1 fully saturated rings. The van der Waals surface area contributed by atoms with Crippen LogP contribution in [0.5, 0.6) is 0 Å². The van der Waals surface area contributed by atoms with Crippen molar-refractivity contribution in [2.75, 3.05) is 18.1 Å². The summed E-state index contributed by atoms with van der Waals surface area (Å²) >= 11 is 1.74. The van der Waals surface area contributed by atoms with Crippen LogP contribution in [-0.2, 0) is 12.7 Å². The molecular weight excluding hydrogens is 327 g/mol. The Hall–Kier alpha value is -1.54. The number of nitrogens with zero attached hydrogens (tertiary/aromatic N) is 3. The van der Waals surface area contributed by atoms with E-state index in [1.54, 1.807) is 24.8 Å². The number of rotatable bonds is 3. The third-order valence-electron chi connectivity index (χ3n) is 3.74. The summed E-state index contributed by atoms with van der Waals surface area (Å²) in [6.07, 6.45) is -4.33. The van der Waals surface area contributed by atoms with Crippen molar-refractivity contribution in [1.29, 1.82) is 0 Å². The average molecular weight is 343 g/mol. The molecule has 1 aromatic heterocycles. The minimum atomic E-state index is -4.33. The van der Waals surface area contributed by atoms with Crippen molar-refractivity contribution >= 4 is 11.8 Å². The number of alkyl halides is 3. The maximum atomic E-state index is 12.9. The quantitative estimate of drug-likeness (QED) is 0.850. The van der Waals surface area contributed by atoms with Crippen molar-refractivity contribution in [1.82, 2.24) is 15.1 Å². The van der Waals surface area contributed by atoms with Gasteiger partial charge in [-0.15, -0.1) is 10.2 Å². The topological polar surface area (TPSA) is 42.2 Å². The largest absolute Gasteiger partial charge is 0.424 e.